The quantitative estimate of drug-likeness (QED) is 0.737. The highest BCUT2D eigenvalue weighted by Gasteiger charge is 2.11. The predicted molar refractivity (Wildman–Crippen MR) is 95.2 cm³/mol. The molecule has 0 bridgehead atoms. The van der Waals surface area contributed by atoms with Crippen molar-refractivity contribution in [2.75, 3.05) is 12.4 Å². The summed E-state index contributed by atoms with van der Waals surface area (Å²) < 4.78 is 18.8. The molecule has 2 aromatic heterocycles. The van der Waals surface area contributed by atoms with Crippen molar-refractivity contribution in [2.45, 2.75) is 12.8 Å². The summed E-state index contributed by atoms with van der Waals surface area (Å²) in [5.74, 6) is 0.265. The molecule has 1 aromatic carbocycles. The second-order valence-corrected chi connectivity index (χ2v) is 5.54. The highest BCUT2D eigenvalue weighted by molar-refractivity contribution is 5.90. The summed E-state index contributed by atoms with van der Waals surface area (Å²) in [5.41, 5.74) is 1.98. The molecule has 1 N–H and O–H groups in total. The van der Waals surface area contributed by atoms with E-state index in [1.54, 1.807) is 18.5 Å². The molecule has 3 aromatic rings. The molecule has 0 aliphatic heterocycles. The van der Waals surface area contributed by atoms with Gasteiger partial charge in [-0.15, -0.1) is 0 Å². The van der Waals surface area contributed by atoms with Crippen molar-refractivity contribution < 1.29 is 13.9 Å². The van der Waals surface area contributed by atoms with E-state index < -0.39 is 5.82 Å². The minimum Gasteiger partial charge on any atom is -0.496 e. The van der Waals surface area contributed by atoms with Gasteiger partial charge in [-0.1, -0.05) is 0 Å². The van der Waals surface area contributed by atoms with E-state index >= 15 is 0 Å². The number of amides is 1. The van der Waals surface area contributed by atoms with Gasteiger partial charge in [0, 0.05) is 30.4 Å². The number of hydrogen-bond donors (Lipinski definition) is 1. The summed E-state index contributed by atoms with van der Waals surface area (Å²) in [6.45, 7) is 0. The van der Waals surface area contributed by atoms with Gasteiger partial charge in [-0.05, 0) is 42.3 Å². The number of nitrogens with zero attached hydrogens (tertiary/aromatic N) is 3. The topological polar surface area (TPSA) is 77.0 Å². The Balaban J connectivity index is 1.71. The van der Waals surface area contributed by atoms with Crippen LogP contribution in [0.5, 0.6) is 5.75 Å². The summed E-state index contributed by atoms with van der Waals surface area (Å²) in [6, 6.07) is 9.49. The number of carbonyl (C=O) groups is 1. The van der Waals surface area contributed by atoms with Crippen LogP contribution >= 0.6 is 0 Å². The maximum absolute atomic E-state index is 13.6. The molecule has 0 atom stereocenters. The van der Waals surface area contributed by atoms with Gasteiger partial charge in [0.25, 0.3) is 0 Å². The Morgan fingerprint density at radius 2 is 1.96 bits per heavy atom. The fourth-order valence-corrected chi connectivity index (χ4v) is 2.47. The second kappa shape index (κ2) is 8.15. The Kier molecular flexibility index (Phi) is 5.48. The van der Waals surface area contributed by atoms with E-state index in [9.17, 15) is 9.18 Å². The van der Waals surface area contributed by atoms with Crippen LogP contribution in [0.1, 0.15) is 12.0 Å². The number of ether oxygens (including phenoxy) is 1. The maximum atomic E-state index is 13.6. The normalized spacial score (nSPS) is 10.4. The third-order valence-electron chi connectivity index (χ3n) is 3.76. The molecule has 0 saturated carbocycles. The zero-order valence-corrected chi connectivity index (χ0v) is 14.1. The molecule has 7 heteroatoms. The Hall–Kier alpha value is -3.35. The van der Waals surface area contributed by atoms with Crippen molar-refractivity contribution in [3.8, 4) is 17.0 Å². The van der Waals surface area contributed by atoms with Gasteiger partial charge in [0.15, 0.2) is 0 Å². The van der Waals surface area contributed by atoms with E-state index in [4.69, 9.17) is 4.74 Å². The molecule has 0 spiro atoms. The molecular formula is C19H17FN4O2. The predicted octanol–water partition coefficient (Wildman–Crippen LogP) is 3.26. The second-order valence-electron chi connectivity index (χ2n) is 5.54. The van der Waals surface area contributed by atoms with E-state index in [2.05, 4.69) is 20.3 Å². The first-order valence-corrected chi connectivity index (χ1v) is 8.00. The molecule has 0 aliphatic carbocycles. The average molecular weight is 352 g/mol. The summed E-state index contributed by atoms with van der Waals surface area (Å²) in [7, 11) is 1.50. The van der Waals surface area contributed by atoms with E-state index in [0.717, 1.165) is 5.56 Å². The van der Waals surface area contributed by atoms with Crippen LogP contribution in [0.2, 0.25) is 0 Å². The lowest BCUT2D eigenvalue weighted by molar-refractivity contribution is -0.116. The lowest BCUT2D eigenvalue weighted by atomic mass is 10.1. The Labute approximate surface area is 150 Å². The molecule has 132 valence electrons. The van der Waals surface area contributed by atoms with Crippen LogP contribution in [-0.2, 0) is 11.2 Å². The third-order valence-corrected chi connectivity index (χ3v) is 3.76. The first kappa shape index (κ1) is 17.5. The fraction of sp³-hybridized carbons (Fsp3) is 0.158. The summed E-state index contributed by atoms with van der Waals surface area (Å²) in [5, 5.41) is 2.73. The van der Waals surface area contributed by atoms with E-state index in [1.165, 1.54) is 31.6 Å². The monoisotopic (exact) mass is 352 g/mol. The summed E-state index contributed by atoms with van der Waals surface area (Å²) in [6.07, 6.45) is 5.61. The molecule has 0 unspecified atom stereocenters. The van der Waals surface area contributed by atoms with Crippen LogP contribution in [0, 0.1) is 5.82 Å². The first-order chi connectivity index (χ1) is 12.7. The number of aromatic nitrogens is 3. The Morgan fingerprint density at radius 1 is 1.15 bits per heavy atom. The van der Waals surface area contributed by atoms with Crippen LogP contribution in [0.25, 0.3) is 11.3 Å². The fourth-order valence-electron chi connectivity index (χ4n) is 2.47. The van der Waals surface area contributed by atoms with Crippen molar-refractivity contribution in [3.63, 3.8) is 0 Å². The number of hydrogen-bond acceptors (Lipinski definition) is 5. The average Bonchev–Trinajstić information content (AvgIpc) is 2.67. The Morgan fingerprint density at radius 3 is 2.73 bits per heavy atom. The minimum absolute atomic E-state index is 0.169. The van der Waals surface area contributed by atoms with Crippen molar-refractivity contribution in [2.24, 2.45) is 0 Å². The summed E-state index contributed by atoms with van der Waals surface area (Å²) >= 11 is 0. The van der Waals surface area contributed by atoms with Crippen molar-refractivity contribution >= 4 is 11.7 Å². The zero-order chi connectivity index (χ0) is 18.4. The van der Waals surface area contributed by atoms with E-state index in [-0.39, 0.29) is 5.91 Å². The number of anilines is 1. The van der Waals surface area contributed by atoms with Gasteiger partial charge in [0.2, 0.25) is 5.91 Å². The number of benzene rings is 1. The maximum Gasteiger partial charge on any atom is 0.225 e. The van der Waals surface area contributed by atoms with Crippen LogP contribution in [0.4, 0.5) is 10.2 Å². The molecule has 0 saturated heterocycles. The number of aryl methyl sites for hydroxylation is 1. The van der Waals surface area contributed by atoms with Gasteiger partial charge in [0.1, 0.15) is 23.7 Å². The first-order valence-electron chi connectivity index (χ1n) is 8.00. The van der Waals surface area contributed by atoms with Gasteiger partial charge in [-0.3, -0.25) is 9.78 Å². The van der Waals surface area contributed by atoms with Crippen LogP contribution in [0.15, 0.2) is 55.1 Å². The molecule has 26 heavy (non-hydrogen) atoms. The van der Waals surface area contributed by atoms with E-state index in [0.29, 0.717) is 35.7 Å². The van der Waals surface area contributed by atoms with Gasteiger partial charge in [-0.25, -0.2) is 14.4 Å². The van der Waals surface area contributed by atoms with Crippen LogP contribution in [0.3, 0.4) is 0 Å². The van der Waals surface area contributed by atoms with Gasteiger partial charge in [-0.2, -0.15) is 0 Å². The summed E-state index contributed by atoms with van der Waals surface area (Å²) in [4.78, 5) is 24.3. The van der Waals surface area contributed by atoms with Gasteiger partial charge in [0.05, 0.1) is 12.8 Å². The SMILES string of the molecule is COc1ccc(F)cc1-c1cc(NC(=O)CCc2ccncc2)ncn1. The molecule has 0 fully saturated rings. The van der Waals surface area contributed by atoms with Crippen molar-refractivity contribution in [1.29, 1.82) is 0 Å². The Bertz CT molecular complexity index is 903. The lowest BCUT2D eigenvalue weighted by Gasteiger charge is -2.09. The molecule has 2 heterocycles. The molecular weight excluding hydrogens is 335 g/mol. The van der Waals surface area contributed by atoms with Crippen molar-refractivity contribution in [1.82, 2.24) is 15.0 Å². The largest absolute Gasteiger partial charge is 0.496 e. The zero-order valence-electron chi connectivity index (χ0n) is 14.1. The van der Waals surface area contributed by atoms with E-state index in [1.807, 2.05) is 12.1 Å². The molecule has 6 nitrogen and oxygen atoms in total. The minimum atomic E-state index is -0.401. The standard InChI is InChI=1S/C19H17FN4O2/c1-26-17-4-3-14(20)10-15(17)16-11-18(23-12-22-16)24-19(25)5-2-13-6-8-21-9-7-13/h3-4,6-12H,2,5H2,1H3,(H,22,23,24,25). The molecule has 1 amide bonds. The number of carbonyl (C=O) groups excluding carboxylic acids is 1. The van der Waals surface area contributed by atoms with Crippen molar-refractivity contribution in [3.05, 3.63) is 66.5 Å². The van der Waals surface area contributed by atoms with Gasteiger partial charge >= 0.3 is 0 Å². The molecule has 0 radical (unpaired) electrons. The van der Waals surface area contributed by atoms with Gasteiger partial charge < -0.3 is 10.1 Å². The van der Waals surface area contributed by atoms with Crippen LogP contribution in [-0.4, -0.2) is 28.0 Å². The number of halogens is 1. The highest BCUT2D eigenvalue weighted by atomic mass is 19.1. The number of methoxy groups -OCH3 is 1. The number of pyridine rings is 1. The molecule has 0 aliphatic rings. The third kappa shape index (κ3) is 4.38. The smallest absolute Gasteiger partial charge is 0.225 e. The number of rotatable bonds is 6. The lowest BCUT2D eigenvalue weighted by Crippen LogP contribution is -2.13. The molecule has 3 rings (SSSR count). The van der Waals surface area contributed by atoms with Crippen LogP contribution < -0.4 is 10.1 Å². The number of nitrogens with one attached hydrogen (secondary N) is 1. The highest BCUT2D eigenvalue weighted by Crippen LogP contribution is 2.29.